The molecule has 1 aromatic carbocycles. The molecule has 116 valence electrons. The van der Waals surface area contributed by atoms with Crippen LogP contribution < -0.4 is 5.32 Å². The van der Waals surface area contributed by atoms with Gasteiger partial charge in [0.05, 0.1) is 0 Å². The van der Waals surface area contributed by atoms with Crippen molar-refractivity contribution in [2.45, 2.75) is 58.4 Å². The van der Waals surface area contributed by atoms with Gasteiger partial charge in [-0.25, -0.2) is 4.79 Å². The minimum Gasteiger partial charge on any atom is -0.480 e. The summed E-state index contributed by atoms with van der Waals surface area (Å²) in [5, 5.41) is 13.0. The minimum absolute atomic E-state index is 0.303. The molecule has 0 bridgehead atoms. The maximum atomic E-state index is 11.8. The summed E-state index contributed by atoms with van der Waals surface area (Å²) >= 11 is 0. The lowest BCUT2D eigenvalue weighted by molar-refractivity contribution is -0.144. The van der Waals surface area contributed by atoms with Crippen molar-refractivity contribution in [3.8, 4) is 0 Å². The molecule has 0 aliphatic heterocycles. The quantitative estimate of drug-likeness (QED) is 0.836. The Morgan fingerprint density at radius 1 is 1.29 bits per heavy atom. The number of carboxylic acids is 1. The summed E-state index contributed by atoms with van der Waals surface area (Å²) in [6.45, 7) is 6.83. The van der Waals surface area contributed by atoms with Gasteiger partial charge in [0.1, 0.15) is 5.54 Å². The summed E-state index contributed by atoms with van der Waals surface area (Å²) in [4.78, 5) is 11.8. The molecule has 0 aromatic heterocycles. The van der Waals surface area contributed by atoms with Gasteiger partial charge in [0.25, 0.3) is 0 Å². The fraction of sp³-hybridized carbons (Fsp3) is 0.611. The Morgan fingerprint density at radius 3 is 2.33 bits per heavy atom. The molecule has 3 heteroatoms. The molecule has 21 heavy (non-hydrogen) atoms. The number of hydrogen-bond acceptors (Lipinski definition) is 2. The third kappa shape index (κ3) is 3.39. The van der Waals surface area contributed by atoms with Crippen molar-refractivity contribution in [3.05, 3.63) is 30.3 Å². The van der Waals surface area contributed by atoms with Crippen LogP contribution in [0.3, 0.4) is 0 Å². The van der Waals surface area contributed by atoms with Gasteiger partial charge in [-0.2, -0.15) is 0 Å². The highest BCUT2D eigenvalue weighted by molar-refractivity contribution is 5.83. The molecule has 0 saturated heterocycles. The molecule has 1 saturated carbocycles. The highest BCUT2D eigenvalue weighted by atomic mass is 16.4. The number of aliphatic carboxylic acids is 1. The molecule has 0 heterocycles. The van der Waals surface area contributed by atoms with Crippen molar-refractivity contribution < 1.29 is 9.90 Å². The normalized spacial score (nSPS) is 26.3. The molecule has 2 rings (SSSR count). The second kappa shape index (κ2) is 6.08. The summed E-state index contributed by atoms with van der Waals surface area (Å²) in [5.74, 6) is -0.105. The van der Waals surface area contributed by atoms with E-state index in [4.69, 9.17) is 0 Å². The number of nitrogens with one attached hydrogen (secondary N) is 1. The predicted octanol–water partition coefficient (Wildman–Crippen LogP) is 4.55. The molecular weight excluding hydrogens is 262 g/mol. The SMILES string of the molecule is CCC(C)(C)C1CCC(Nc2ccccc2)(C(=O)O)CC1. The Bertz CT molecular complexity index is 473. The van der Waals surface area contributed by atoms with Crippen molar-refractivity contribution in [3.63, 3.8) is 0 Å². The molecule has 0 amide bonds. The Balaban J connectivity index is 2.11. The lowest BCUT2D eigenvalue weighted by Crippen LogP contribution is -2.50. The third-order valence-corrected chi connectivity index (χ3v) is 5.42. The number of anilines is 1. The zero-order valence-electron chi connectivity index (χ0n) is 13.4. The van der Waals surface area contributed by atoms with Gasteiger partial charge in [-0.05, 0) is 49.1 Å². The van der Waals surface area contributed by atoms with E-state index in [0.717, 1.165) is 24.9 Å². The van der Waals surface area contributed by atoms with E-state index in [-0.39, 0.29) is 0 Å². The fourth-order valence-electron chi connectivity index (χ4n) is 3.37. The summed E-state index contributed by atoms with van der Waals surface area (Å²) in [5.41, 5.74) is 0.395. The van der Waals surface area contributed by atoms with E-state index >= 15 is 0 Å². The molecule has 0 unspecified atom stereocenters. The maximum Gasteiger partial charge on any atom is 0.329 e. The fourth-order valence-corrected chi connectivity index (χ4v) is 3.37. The topological polar surface area (TPSA) is 49.3 Å². The van der Waals surface area contributed by atoms with Gasteiger partial charge in [-0.3, -0.25) is 0 Å². The second-order valence-corrected chi connectivity index (χ2v) is 6.99. The van der Waals surface area contributed by atoms with Crippen LogP contribution in [0.4, 0.5) is 5.69 Å². The average molecular weight is 289 g/mol. The third-order valence-electron chi connectivity index (χ3n) is 5.42. The van der Waals surface area contributed by atoms with Crippen LogP contribution in [0, 0.1) is 11.3 Å². The molecule has 2 N–H and O–H groups in total. The zero-order valence-corrected chi connectivity index (χ0v) is 13.4. The summed E-state index contributed by atoms with van der Waals surface area (Å²) < 4.78 is 0. The van der Waals surface area contributed by atoms with E-state index in [1.165, 1.54) is 0 Å². The van der Waals surface area contributed by atoms with Gasteiger partial charge >= 0.3 is 5.97 Å². The monoisotopic (exact) mass is 289 g/mol. The van der Waals surface area contributed by atoms with Gasteiger partial charge in [0.2, 0.25) is 0 Å². The highest BCUT2D eigenvalue weighted by Gasteiger charge is 2.44. The first kappa shape index (κ1) is 15.9. The van der Waals surface area contributed by atoms with Crippen LogP contribution in [-0.2, 0) is 4.79 Å². The van der Waals surface area contributed by atoms with Crippen molar-refractivity contribution >= 4 is 11.7 Å². The number of hydrogen-bond donors (Lipinski definition) is 2. The van der Waals surface area contributed by atoms with Crippen molar-refractivity contribution in [2.75, 3.05) is 5.32 Å². The van der Waals surface area contributed by atoms with Gasteiger partial charge in [0.15, 0.2) is 0 Å². The van der Waals surface area contributed by atoms with Crippen LogP contribution in [0.2, 0.25) is 0 Å². The maximum absolute atomic E-state index is 11.8. The van der Waals surface area contributed by atoms with Crippen molar-refractivity contribution in [2.24, 2.45) is 11.3 Å². The largest absolute Gasteiger partial charge is 0.480 e. The van der Waals surface area contributed by atoms with Crippen LogP contribution in [0.15, 0.2) is 30.3 Å². The van der Waals surface area contributed by atoms with Gasteiger partial charge < -0.3 is 10.4 Å². The number of para-hydroxylation sites is 1. The zero-order chi connectivity index (χ0) is 15.5. The Kier molecular flexibility index (Phi) is 4.60. The predicted molar refractivity (Wildman–Crippen MR) is 86.5 cm³/mol. The molecule has 1 aromatic rings. The lowest BCUT2D eigenvalue weighted by Gasteiger charge is -2.43. The molecule has 1 aliphatic carbocycles. The van der Waals surface area contributed by atoms with Gasteiger partial charge in [0, 0.05) is 5.69 Å². The van der Waals surface area contributed by atoms with Crippen LogP contribution >= 0.6 is 0 Å². The highest BCUT2D eigenvalue weighted by Crippen LogP contribution is 2.44. The Hall–Kier alpha value is -1.51. The molecule has 3 nitrogen and oxygen atoms in total. The first-order valence-corrected chi connectivity index (χ1v) is 7.96. The van der Waals surface area contributed by atoms with E-state index in [2.05, 4.69) is 26.1 Å². The first-order chi connectivity index (χ1) is 9.89. The molecule has 0 atom stereocenters. The minimum atomic E-state index is -0.804. The van der Waals surface area contributed by atoms with E-state index < -0.39 is 11.5 Å². The van der Waals surface area contributed by atoms with Gasteiger partial charge in [-0.15, -0.1) is 0 Å². The smallest absolute Gasteiger partial charge is 0.329 e. The number of carboxylic acid groups (broad SMARTS) is 1. The van der Waals surface area contributed by atoms with E-state index in [1.807, 2.05) is 30.3 Å². The molecule has 0 spiro atoms. The molecule has 0 radical (unpaired) electrons. The summed E-state index contributed by atoms with van der Waals surface area (Å²) in [7, 11) is 0. The standard InChI is InChI=1S/C18H27NO2/c1-4-17(2,3)14-10-12-18(13-11-14,16(20)21)19-15-8-6-5-7-9-15/h5-9,14,19H,4,10-13H2,1-3H3,(H,20,21). The van der Waals surface area contributed by atoms with Crippen LogP contribution in [0.1, 0.15) is 52.9 Å². The molecule has 1 aliphatic rings. The Morgan fingerprint density at radius 2 is 1.86 bits per heavy atom. The van der Waals surface area contributed by atoms with Crippen LogP contribution in [-0.4, -0.2) is 16.6 Å². The first-order valence-electron chi connectivity index (χ1n) is 7.96. The van der Waals surface area contributed by atoms with E-state index in [9.17, 15) is 9.90 Å². The van der Waals surface area contributed by atoms with E-state index in [0.29, 0.717) is 24.2 Å². The average Bonchev–Trinajstić information content (AvgIpc) is 2.48. The number of rotatable bonds is 5. The van der Waals surface area contributed by atoms with Crippen LogP contribution in [0.25, 0.3) is 0 Å². The van der Waals surface area contributed by atoms with Crippen molar-refractivity contribution in [1.82, 2.24) is 0 Å². The molecular formula is C18H27NO2. The number of benzene rings is 1. The van der Waals surface area contributed by atoms with E-state index in [1.54, 1.807) is 0 Å². The second-order valence-electron chi connectivity index (χ2n) is 6.99. The van der Waals surface area contributed by atoms with Crippen molar-refractivity contribution in [1.29, 1.82) is 0 Å². The summed E-state index contributed by atoms with van der Waals surface area (Å²) in [6.07, 6.45) is 4.50. The van der Waals surface area contributed by atoms with Crippen LogP contribution in [0.5, 0.6) is 0 Å². The number of carbonyl (C=O) groups is 1. The molecule has 1 fully saturated rings. The van der Waals surface area contributed by atoms with Gasteiger partial charge in [-0.1, -0.05) is 45.4 Å². The lowest BCUT2D eigenvalue weighted by atomic mass is 9.65. The summed E-state index contributed by atoms with van der Waals surface area (Å²) in [6, 6.07) is 9.69. The Labute approximate surface area is 127 Å².